The van der Waals surface area contributed by atoms with Crippen molar-refractivity contribution in [2.45, 2.75) is 59.2 Å². The maximum atomic E-state index is 13.2. The van der Waals surface area contributed by atoms with Crippen molar-refractivity contribution in [1.82, 2.24) is 10.2 Å². The molecule has 31 heavy (non-hydrogen) atoms. The lowest BCUT2D eigenvalue weighted by molar-refractivity contribution is -0.143. The summed E-state index contributed by atoms with van der Waals surface area (Å²) in [5.41, 5.74) is 1.62. The van der Waals surface area contributed by atoms with Gasteiger partial charge in [0.2, 0.25) is 5.91 Å². The first-order valence-corrected chi connectivity index (χ1v) is 11.0. The highest BCUT2D eigenvalue weighted by atomic mass is 35.5. The number of benzene rings is 2. The molecule has 0 unspecified atom stereocenters. The van der Waals surface area contributed by atoms with Crippen LogP contribution in [0.1, 0.15) is 45.2 Å². The summed E-state index contributed by atoms with van der Waals surface area (Å²) >= 11 is 12.1. The molecule has 0 bridgehead atoms. The molecule has 2 aromatic rings. The Morgan fingerprint density at radius 2 is 1.81 bits per heavy atom. The minimum atomic E-state index is -0.629. The van der Waals surface area contributed by atoms with Gasteiger partial charge in [0.05, 0.1) is 5.02 Å². The zero-order valence-corrected chi connectivity index (χ0v) is 20.2. The van der Waals surface area contributed by atoms with E-state index in [0.717, 1.165) is 11.1 Å². The van der Waals surface area contributed by atoms with Gasteiger partial charge in [0.25, 0.3) is 5.91 Å². The summed E-state index contributed by atoms with van der Waals surface area (Å²) in [4.78, 5) is 27.8. The molecule has 0 aromatic heterocycles. The van der Waals surface area contributed by atoms with Crippen LogP contribution in [0.5, 0.6) is 5.75 Å². The number of aryl methyl sites for hydroxylation is 1. The lowest BCUT2D eigenvalue weighted by Crippen LogP contribution is -2.54. The van der Waals surface area contributed by atoms with E-state index in [1.54, 1.807) is 23.1 Å². The number of carbonyl (C=O) groups excluding carboxylic acids is 2. The Hall–Kier alpha value is -2.24. The van der Waals surface area contributed by atoms with Crippen LogP contribution in [0.15, 0.2) is 42.5 Å². The zero-order chi connectivity index (χ0) is 23.2. The third-order valence-corrected chi connectivity index (χ3v) is 5.26. The van der Waals surface area contributed by atoms with E-state index >= 15 is 0 Å². The molecule has 0 aliphatic heterocycles. The normalized spacial score (nSPS) is 12.2. The van der Waals surface area contributed by atoms with Crippen molar-refractivity contribution in [3.05, 3.63) is 63.6 Å². The Labute approximate surface area is 194 Å². The largest absolute Gasteiger partial charge is 0.482 e. The van der Waals surface area contributed by atoms with Crippen LogP contribution in [0, 0.1) is 6.92 Å². The molecule has 168 valence electrons. The third kappa shape index (κ3) is 7.44. The molecule has 2 aromatic carbocycles. The fraction of sp³-hybridized carbons (Fsp3) is 0.417. The first-order chi connectivity index (χ1) is 14.5. The summed E-state index contributed by atoms with van der Waals surface area (Å²) in [6.07, 6.45) is 0.473. The third-order valence-electron chi connectivity index (χ3n) is 4.73. The maximum absolute atomic E-state index is 13.2. The molecule has 0 radical (unpaired) electrons. The van der Waals surface area contributed by atoms with Gasteiger partial charge < -0.3 is 15.0 Å². The average Bonchev–Trinajstić information content (AvgIpc) is 2.67. The van der Waals surface area contributed by atoms with Crippen molar-refractivity contribution in [2.75, 3.05) is 6.61 Å². The SMILES string of the molecule is CC[C@@H](C(=O)NC(C)(C)C)N(Cc1ccccc1C)C(=O)COc1ccc(Cl)cc1Cl. The number of carbonyl (C=O) groups is 2. The number of hydrogen-bond donors (Lipinski definition) is 1. The fourth-order valence-electron chi connectivity index (χ4n) is 3.16. The molecule has 7 heteroatoms. The summed E-state index contributed by atoms with van der Waals surface area (Å²) in [5, 5.41) is 3.79. The Balaban J connectivity index is 2.27. The van der Waals surface area contributed by atoms with Crippen molar-refractivity contribution in [1.29, 1.82) is 0 Å². The number of ether oxygens (including phenoxy) is 1. The number of rotatable bonds is 8. The van der Waals surface area contributed by atoms with Crippen molar-refractivity contribution in [3.63, 3.8) is 0 Å². The number of halogens is 2. The molecule has 0 aliphatic carbocycles. The molecule has 0 saturated heterocycles. The van der Waals surface area contributed by atoms with Crippen molar-refractivity contribution in [2.24, 2.45) is 0 Å². The van der Waals surface area contributed by atoms with Crippen LogP contribution in [0.3, 0.4) is 0 Å². The summed E-state index contributed by atoms with van der Waals surface area (Å²) in [6.45, 7) is 9.68. The molecule has 2 amide bonds. The van der Waals surface area contributed by atoms with Crippen LogP contribution in [0.25, 0.3) is 0 Å². The Bertz CT molecular complexity index is 925. The molecule has 2 rings (SSSR count). The van der Waals surface area contributed by atoms with Gasteiger partial charge in [-0.1, -0.05) is 54.4 Å². The van der Waals surface area contributed by atoms with E-state index < -0.39 is 11.6 Å². The first kappa shape index (κ1) is 25.0. The monoisotopic (exact) mass is 464 g/mol. The highest BCUT2D eigenvalue weighted by Crippen LogP contribution is 2.27. The molecular formula is C24H30Cl2N2O3. The second-order valence-corrected chi connectivity index (χ2v) is 9.32. The van der Waals surface area contributed by atoms with Gasteiger partial charge in [-0.05, 0) is 63.4 Å². The van der Waals surface area contributed by atoms with Crippen molar-refractivity contribution < 1.29 is 14.3 Å². The van der Waals surface area contributed by atoms with Gasteiger partial charge in [0.1, 0.15) is 11.8 Å². The van der Waals surface area contributed by atoms with Crippen LogP contribution < -0.4 is 10.1 Å². The quantitative estimate of drug-likeness (QED) is 0.568. The molecule has 0 heterocycles. The van der Waals surface area contributed by atoms with Crippen LogP contribution in [0.4, 0.5) is 0 Å². The summed E-state index contributed by atoms with van der Waals surface area (Å²) in [7, 11) is 0. The Kier molecular flexibility index (Phi) is 8.78. The van der Waals surface area contributed by atoms with Gasteiger partial charge in [0, 0.05) is 17.1 Å². The van der Waals surface area contributed by atoms with E-state index in [2.05, 4.69) is 5.32 Å². The van der Waals surface area contributed by atoms with Crippen LogP contribution in [-0.4, -0.2) is 34.9 Å². The van der Waals surface area contributed by atoms with Gasteiger partial charge in [-0.2, -0.15) is 0 Å². The summed E-state index contributed by atoms with van der Waals surface area (Å²) in [6, 6.07) is 12.0. The summed E-state index contributed by atoms with van der Waals surface area (Å²) in [5.74, 6) is -0.130. The highest BCUT2D eigenvalue weighted by Gasteiger charge is 2.31. The molecule has 0 spiro atoms. The van der Waals surface area contributed by atoms with E-state index in [1.165, 1.54) is 0 Å². The van der Waals surface area contributed by atoms with Crippen molar-refractivity contribution >= 4 is 35.0 Å². The number of hydrogen-bond acceptors (Lipinski definition) is 3. The molecule has 0 saturated carbocycles. The van der Waals surface area contributed by atoms with Gasteiger partial charge in [-0.25, -0.2) is 0 Å². The molecule has 0 aliphatic rings. The topological polar surface area (TPSA) is 58.6 Å². The van der Waals surface area contributed by atoms with Crippen LogP contribution in [0.2, 0.25) is 10.0 Å². The highest BCUT2D eigenvalue weighted by molar-refractivity contribution is 6.35. The summed E-state index contributed by atoms with van der Waals surface area (Å²) < 4.78 is 5.66. The van der Waals surface area contributed by atoms with Gasteiger partial charge in [-0.15, -0.1) is 0 Å². The van der Waals surface area contributed by atoms with Gasteiger partial charge >= 0.3 is 0 Å². The number of amides is 2. The van der Waals surface area contributed by atoms with Crippen LogP contribution in [-0.2, 0) is 16.1 Å². The minimum absolute atomic E-state index is 0.193. The number of nitrogens with one attached hydrogen (secondary N) is 1. The maximum Gasteiger partial charge on any atom is 0.261 e. The predicted octanol–water partition coefficient (Wildman–Crippen LogP) is 5.40. The lowest BCUT2D eigenvalue weighted by Gasteiger charge is -2.33. The van der Waals surface area contributed by atoms with E-state index in [9.17, 15) is 9.59 Å². The lowest BCUT2D eigenvalue weighted by atomic mass is 10.0. The van der Waals surface area contributed by atoms with E-state index in [1.807, 2.05) is 58.9 Å². The van der Waals surface area contributed by atoms with Gasteiger partial charge in [0.15, 0.2) is 6.61 Å². The fourth-order valence-corrected chi connectivity index (χ4v) is 3.62. The molecule has 0 fully saturated rings. The van der Waals surface area contributed by atoms with E-state index in [4.69, 9.17) is 27.9 Å². The molecule has 5 nitrogen and oxygen atoms in total. The first-order valence-electron chi connectivity index (χ1n) is 10.3. The average molecular weight is 465 g/mol. The standard InChI is InChI=1S/C24H30Cl2N2O3/c1-6-20(23(30)27-24(3,4)5)28(14-17-10-8-7-9-16(17)2)22(29)15-31-21-12-11-18(25)13-19(21)26/h7-13,20H,6,14-15H2,1-5H3,(H,27,30)/t20-/m0/s1. The molecular weight excluding hydrogens is 435 g/mol. The smallest absolute Gasteiger partial charge is 0.261 e. The second-order valence-electron chi connectivity index (χ2n) is 8.47. The van der Waals surface area contributed by atoms with Gasteiger partial charge in [-0.3, -0.25) is 9.59 Å². The Morgan fingerprint density at radius 1 is 1.13 bits per heavy atom. The minimum Gasteiger partial charge on any atom is -0.482 e. The van der Waals surface area contributed by atoms with Crippen LogP contribution >= 0.6 is 23.2 Å². The second kappa shape index (κ2) is 10.9. The molecule has 1 N–H and O–H groups in total. The number of nitrogens with zero attached hydrogens (tertiary/aromatic N) is 1. The van der Waals surface area contributed by atoms with Crippen molar-refractivity contribution in [3.8, 4) is 5.75 Å². The van der Waals surface area contributed by atoms with E-state index in [-0.39, 0.29) is 18.4 Å². The van der Waals surface area contributed by atoms with E-state index in [0.29, 0.717) is 28.8 Å². The predicted molar refractivity (Wildman–Crippen MR) is 126 cm³/mol. The Morgan fingerprint density at radius 3 is 2.39 bits per heavy atom. The zero-order valence-electron chi connectivity index (χ0n) is 18.7. The molecule has 1 atom stereocenters.